The molecular weight excluding hydrogens is 332 g/mol. The van der Waals surface area contributed by atoms with E-state index in [-0.39, 0.29) is 0 Å². The highest BCUT2D eigenvalue weighted by Crippen LogP contribution is 2.27. The van der Waals surface area contributed by atoms with Crippen molar-refractivity contribution in [1.82, 2.24) is 9.38 Å². The van der Waals surface area contributed by atoms with E-state index in [1.165, 1.54) is 0 Å². The summed E-state index contributed by atoms with van der Waals surface area (Å²) in [4.78, 5) is 4.44. The number of aromatic nitrogens is 2. The summed E-state index contributed by atoms with van der Waals surface area (Å²) in [5, 5.41) is 10.4. The largest absolute Gasteiger partial charge is 0.496 e. The standard InChI is InChI=1S/C16H15BrN2O2/c1-21-15-6-5-11(8-12(15)17)9-14(20)13-10-19-7-3-2-4-16(19)18-13/h2-8,10,14,20H,9H2,1H3. The molecule has 2 heterocycles. The second kappa shape index (κ2) is 5.87. The molecule has 0 fully saturated rings. The smallest absolute Gasteiger partial charge is 0.137 e. The van der Waals surface area contributed by atoms with Crippen LogP contribution in [0.3, 0.4) is 0 Å². The van der Waals surface area contributed by atoms with Gasteiger partial charge in [0.1, 0.15) is 17.5 Å². The van der Waals surface area contributed by atoms with E-state index >= 15 is 0 Å². The topological polar surface area (TPSA) is 46.8 Å². The minimum absolute atomic E-state index is 0.506. The van der Waals surface area contributed by atoms with Crippen molar-refractivity contribution in [3.8, 4) is 5.75 Å². The quantitative estimate of drug-likeness (QED) is 0.787. The number of methoxy groups -OCH3 is 1. The van der Waals surface area contributed by atoms with E-state index in [1.807, 2.05) is 53.2 Å². The summed E-state index contributed by atoms with van der Waals surface area (Å²) in [6.45, 7) is 0. The van der Waals surface area contributed by atoms with Crippen LogP contribution in [0.1, 0.15) is 17.4 Å². The number of halogens is 1. The van der Waals surface area contributed by atoms with Gasteiger partial charge in [0, 0.05) is 18.8 Å². The Balaban J connectivity index is 1.82. The highest BCUT2D eigenvalue weighted by Gasteiger charge is 2.13. The van der Waals surface area contributed by atoms with Gasteiger partial charge in [0.25, 0.3) is 0 Å². The first-order valence-corrected chi connectivity index (χ1v) is 7.41. The molecule has 1 atom stereocenters. The zero-order valence-electron chi connectivity index (χ0n) is 11.5. The van der Waals surface area contributed by atoms with E-state index < -0.39 is 6.10 Å². The van der Waals surface area contributed by atoms with E-state index in [1.54, 1.807) is 7.11 Å². The lowest BCUT2D eigenvalue weighted by Crippen LogP contribution is -2.02. The first-order chi connectivity index (χ1) is 10.2. The number of hydrogen-bond donors (Lipinski definition) is 1. The zero-order valence-corrected chi connectivity index (χ0v) is 13.1. The minimum atomic E-state index is -0.634. The van der Waals surface area contributed by atoms with Crippen molar-refractivity contribution in [3.63, 3.8) is 0 Å². The van der Waals surface area contributed by atoms with Gasteiger partial charge in [-0.25, -0.2) is 4.98 Å². The summed E-state index contributed by atoms with van der Waals surface area (Å²) < 4.78 is 7.99. The maximum Gasteiger partial charge on any atom is 0.137 e. The maximum absolute atomic E-state index is 10.4. The molecule has 5 heteroatoms. The van der Waals surface area contributed by atoms with Crippen molar-refractivity contribution >= 4 is 21.6 Å². The van der Waals surface area contributed by atoms with Gasteiger partial charge in [-0.15, -0.1) is 0 Å². The van der Waals surface area contributed by atoms with Gasteiger partial charge >= 0.3 is 0 Å². The van der Waals surface area contributed by atoms with Crippen LogP contribution >= 0.6 is 15.9 Å². The van der Waals surface area contributed by atoms with Gasteiger partial charge in [-0.1, -0.05) is 12.1 Å². The van der Waals surface area contributed by atoms with Gasteiger partial charge in [0.15, 0.2) is 0 Å². The summed E-state index contributed by atoms with van der Waals surface area (Å²) in [5.41, 5.74) is 2.53. The molecule has 1 unspecified atom stereocenters. The Morgan fingerprint density at radius 1 is 1.33 bits per heavy atom. The number of hydrogen-bond acceptors (Lipinski definition) is 3. The molecule has 0 bridgehead atoms. The number of ether oxygens (including phenoxy) is 1. The van der Waals surface area contributed by atoms with Gasteiger partial charge in [0.2, 0.25) is 0 Å². The molecule has 2 aromatic heterocycles. The molecule has 0 radical (unpaired) electrons. The SMILES string of the molecule is COc1ccc(CC(O)c2cn3ccccc3n2)cc1Br. The first-order valence-electron chi connectivity index (χ1n) is 6.61. The second-order valence-electron chi connectivity index (χ2n) is 4.82. The van der Waals surface area contributed by atoms with Gasteiger partial charge < -0.3 is 14.2 Å². The average Bonchev–Trinajstić information content (AvgIpc) is 2.91. The number of rotatable bonds is 4. The molecule has 0 saturated carbocycles. The number of imidazole rings is 1. The molecule has 21 heavy (non-hydrogen) atoms. The molecule has 1 aromatic carbocycles. The van der Waals surface area contributed by atoms with Crippen LogP contribution < -0.4 is 4.74 Å². The van der Waals surface area contributed by atoms with Crippen LogP contribution in [-0.2, 0) is 6.42 Å². The minimum Gasteiger partial charge on any atom is -0.496 e. The normalized spacial score (nSPS) is 12.5. The summed E-state index contributed by atoms with van der Waals surface area (Å²) in [5.74, 6) is 0.779. The Hall–Kier alpha value is -1.85. The number of fused-ring (bicyclic) bond motifs is 1. The monoisotopic (exact) mass is 346 g/mol. The van der Waals surface area contributed by atoms with Crippen LogP contribution in [0.4, 0.5) is 0 Å². The predicted molar refractivity (Wildman–Crippen MR) is 84.5 cm³/mol. The zero-order chi connectivity index (χ0) is 14.8. The fourth-order valence-electron chi connectivity index (χ4n) is 2.28. The molecule has 0 spiro atoms. The molecule has 0 amide bonds. The average molecular weight is 347 g/mol. The number of aliphatic hydroxyl groups is 1. The Bertz CT molecular complexity index is 737. The van der Waals surface area contributed by atoms with Crippen molar-refractivity contribution in [2.75, 3.05) is 7.11 Å². The van der Waals surface area contributed by atoms with Crippen LogP contribution in [0.25, 0.3) is 5.65 Å². The van der Waals surface area contributed by atoms with Crippen molar-refractivity contribution in [1.29, 1.82) is 0 Å². The highest BCUT2D eigenvalue weighted by atomic mass is 79.9. The van der Waals surface area contributed by atoms with Crippen LogP contribution in [0.2, 0.25) is 0 Å². The van der Waals surface area contributed by atoms with Crippen molar-refractivity contribution in [3.05, 3.63) is 64.5 Å². The maximum atomic E-state index is 10.4. The summed E-state index contributed by atoms with van der Waals surface area (Å²) in [6.07, 6.45) is 3.65. The second-order valence-corrected chi connectivity index (χ2v) is 5.68. The predicted octanol–water partition coefficient (Wildman–Crippen LogP) is 3.38. The molecule has 0 aliphatic carbocycles. The van der Waals surface area contributed by atoms with Crippen LogP contribution in [0.15, 0.2) is 53.3 Å². The van der Waals surface area contributed by atoms with Crippen molar-refractivity contribution < 1.29 is 9.84 Å². The van der Waals surface area contributed by atoms with E-state index in [0.29, 0.717) is 12.1 Å². The molecule has 0 saturated heterocycles. The summed E-state index contributed by atoms with van der Waals surface area (Å²) in [6, 6.07) is 11.6. The Morgan fingerprint density at radius 3 is 2.90 bits per heavy atom. The molecule has 0 aliphatic rings. The van der Waals surface area contributed by atoms with Crippen molar-refractivity contribution in [2.24, 2.45) is 0 Å². The van der Waals surface area contributed by atoms with Gasteiger partial charge in [-0.05, 0) is 45.8 Å². The van der Waals surface area contributed by atoms with Gasteiger partial charge in [-0.3, -0.25) is 0 Å². The van der Waals surface area contributed by atoms with Crippen LogP contribution in [0.5, 0.6) is 5.75 Å². The van der Waals surface area contributed by atoms with Crippen LogP contribution in [0, 0.1) is 0 Å². The molecule has 3 rings (SSSR count). The van der Waals surface area contributed by atoms with E-state index in [4.69, 9.17) is 4.74 Å². The van der Waals surface area contributed by atoms with Gasteiger partial charge in [0.05, 0.1) is 17.3 Å². The molecule has 1 N–H and O–H groups in total. The lowest BCUT2D eigenvalue weighted by molar-refractivity contribution is 0.174. The Morgan fingerprint density at radius 2 is 2.19 bits per heavy atom. The Labute approximate surface area is 131 Å². The molecule has 4 nitrogen and oxygen atoms in total. The summed E-state index contributed by atoms with van der Waals surface area (Å²) >= 11 is 3.46. The number of aliphatic hydroxyl groups excluding tert-OH is 1. The molecule has 108 valence electrons. The Kier molecular flexibility index (Phi) is 3.94. The highest BCUT2D eigenvalue weighted by molar-refractivity contribution is 9.10. The molecule has 3 aromatic rings. The van der Waals surface area contributed by atoms with E-state index in [2.05, 4.69) is 20.9 Å². The number of benzene rings is 1. The number of nitrogens with zero attached hydrogens (tertiary/aromatic N) is 2. The third kappa shape index (κ3) is 2.94. The fourth-order valence-corrected chi connectivity index (χ4v) is 2.87. The lowest BCUT2D eigenvalue weighted by Gasteiger charge is -2.10. The third-order valence-electron chi connectivity index (χ3n) is 3.37. The fraction of sp³-hybridized carbons (Fsp3) is 0.188. The molecular formula is C16H15BrN2O2. The van der Waals surface area contributed by atoms with E-state index in [9.17, 15) is 5.11 Å². The first kappa shape index (κ1) is 14.1. The summed E-state index contributed by atoms with van der Waals surface area (Å²) in [7, 11) is 1.63. The van der Waals surface area contributed by atoms with Crippen LogP contribution in [-0.4, -0.2) is 21.6 Å². The third-order valence-corrected chi connectivity index (χ3v) is 3.99. The molecule has 0 aliphatic heterocycles. The lowest BCUT2D eigenvalue weighted by atomic mass is 10.1. The van der Waals surface area contributed by atoms with E-state index in [0.717, 1.165) is 21.4 Å². The van der Waals surface area contributed by atoms with Gasteiger partial charge in [-0.2, -0.15) is 0 Å². The van der Waals surface area contributed by atoms with Crippen molar-refractivity contribution in [2.45, 2.75) is 12.5 Å². The number of pyridine rings is 1.